The average Bonchev–Trinajstić information content (AvgIpc) is 3.44. The van der Waals surface area contributed by atoms with Crippen molar-refractivity contribution in [2.45, 2.75) is 6.54 Å². The van der Waals surface area contributed by atoms with Crippen molar-refractivity contribution in [3.05, 3.63) is 52.2 Å². The van der Waals surface area contributed by atoms with Crippen molar-refractivity contribution in [1.29, 1.82) is 0 Å². The fourth-order valence-corrected chi connectivity index (χ4v) is 3.36. The first kappa shape index (κ1) is 17.2. The molecule has 0 spiro atoms. The first-order valence-electron chi connectivity index (χ1n) is 8.82. The van der Waals surface area contributed by atoms with Gasteiger partial charge in [-0.25, -0.2) is 4.98 Å². The summed E-state index contributed by atoms with van der Waals surface area (Å²) in [6.07, 6.45) is 1.73. The summed E-state index contributed by atoms with van der Waals surface area (Å²) < 4.78 is 23.2. The van der Waals surface area contributed by atoms with Gasteiger partial charge >= 0.3 is 0 Å². The van der Waals surface area contributed by atoms with Crippen LogP contribution in [-0.4, -0.2) is 28.1 Å². The molecule has 0 radical (unpaired) electrons. The molecule has 0 fully saturated rings. The average molecular weight is 396 g/mol. The Bertz CT molecular complexity index is 1130. The van der Waals surface area contributed by atoms with Crippen LogP contribution in [0.1, 0.15) is 5.56 Å². The molecule has 3 aromatic rings. The van der Waals surface area contributed by atoms with Gasteiger partial charge in [0.05, 0.1) is 28.4 Å². The molecule has 10 nitrogen and oxygen atoms in total. The van der Waals surface area contributed by atoms with Gasteiger partial charge in [0.2, 0.25) is 19.5 Å². The SMILES string of the molecule is Cn1c(-c2ccc3c(c2)OCO3)cnc1NCc1cc2c(cc1[N+](=O)[O-])OCO2. The minimum absolute atomic E-state index is 0.0352. The van der Waals surface area contributed by atoms with Gasteiger partial charge in [-0.3, -0.25) is 10.1 Å². The number of fused-ring (bicyclic) bond motifs is 2. The van der Waals surface area contributed by atoms with E-state index in [2.05, 4.69) is 10.3 Å². The lowest BCUT2D eigenvalue weighted by Crippen LogP contribution is -2.07. The van der Waals surface area contributed by atoms with E-state index in [9.17, 15) is 10.1 Å². The lowest BCUT2D eigenvalue weighted by molar-refractivity contribution is -0.385. The number of nitro groups is 1. The second kappa shape index (κ2) is 6.59. The van der Waals surface area contributed by atoms with E-state index in [-0.39, 0.29) is 25.8 Å². The topological polar surface area (TPSA) is 110 Å². The highest BCUT2D eigenvalue weighted by Crippen LogP contribution is 2.39. The lowest BCUT2D eigenvalue weighted by Gasteiger charge is -2.10. The van der Waals surface area contributed by atoms with E-state index in [0.29, 0.717) is 34.5 Å². The van der Waals surface area contributed by atoms with E-state index in [1.165, 1.54) is 6.07 Å². The number of nitrogens with zero attached hydrogens (tertiary/aromatic N) is 3. The summed E-state index contributed by atoms with van der Waals surface area (Å²) in [5, 5.41) is 14.6. The van der Waals surface area contributed by atoms with Crippen molar-refractivity contribution in [3.8, 4) is 34.3 Å². The molecule has 0 unspecified atom stereocenters. The minimum atomic E-state index is -0.435. The Morgan fingerprint density at radius 1 is 1.07 bits per heavy atom. The monoisotopic (exact) mass is 396 g/mol. The molecule has 0 saturated carbocycles. The standard InChI is InChI=1S/C19H16N4O6/c1-22-14(11-2-3-15-16(4-11)27-9-26-15)8-21-19(22)20-7-12-5-17-18(29-10-28-17)6-13(12)23(24)25/h2-6,8H,7,9-10H2,1H3,(H,20,21). The summed E-state index contributed by atoms with van der Waals surface area (Å²) in [7, 11) is 1.86. The molecule has 1 N–H and O–H groups in total. The van der Waals surface area contributed by atoms with Gasteiger partial charge in [-0.2, -0.15) is 0 Å². The van der Waals surface area contributed by atoms with E-state index in [4.69, 9.17) is 18.9 Å². The Morgan fingerprint density at radius 2 is 1.76 bits per heavy atom. The quantitative estimate of drug-likeness (QED) is 0.518. The highest BCUT2D eigenvalue weighted by atomic mass is 16.7. The summed E-state index contributed by atoms with van der Waals surface area (Å²) >= 11 is 0. The van der Waals surface area contributed by atoms with Gasteiger partial charge in [0, 0.05) is 19.2 Å². The van der Waals surface area contributed by atoms with Gasteiger partial charge in [0.25, 0.3) is 5.69 Å². The molecule has 10 heteroatoms. The summed E-state index contributed by atoms with van der Waals surface area (Å²) in [5.74, 6) is 2.85. The van der Waals surface area contributed by atoms with Crippen molar-refractivity contribution in [3.63, 3.8) is 0 Å². The van der Waals surface area contributed by atoms with Crippen LogP contribution in [0.15, 0.2) is 36.5 Å². The van der Waals surface area contributed by atoms with Gasteiger partial charge in [0.15, 0.2) is 23.0 Å². The molecule has 148 valence electrons. The first-order chi connectivity index (χ1) is 14.1. The van der Waals surface area contributed by atoms with Crippen molar-refractivity contribution >= 4 is 11.6 Å². The number of aromatic nitrogens is 2. The van der Waals surface area contributed by atoms with Crippen molar-refractivity contribution < 1.29 is 23.9 Å². The van der Waals surface area contributed by atoms with Crippen molar-refractivity contribution in [2.24, 2.45) is 7.05 Å². The van der Waals surface area contributed by atoms with Gasteiger partial charge in [-0.1, -0.05) is 0 Å². The Morgan fingerprint density at radius 3 is 2.52 bits per heavy atom. The molecule has 2 aliphatic heterocycles. The summed E-state index contributed by atoms with van der Waals surface area (Å²) in [6, 6.07) is 8.68. The largest absolute Gasteiger partial charge is 0.454 e. The van der Waals surface area contributed by atoms with Crippen molar-refractivity contribution in [1.82, 2.24) is 9.55 Å². The van der Waals surface area contributed by atoms with Crippen LogP contribution in [0.5, 0.6) is 23.0 Å². The maximum absolute atomic E-state index is 11.4. The molecule has 5 rings (SSSR count). The van der Waals surface area contributed by atoms with E-state index in [1.807, 2.05) is 29.8 Å². The summed E-state index contributed by atoms with van der Waals surface area (Å²) in [4.78, 5) is 15.4. The summed E-state index contributed by atoms with van der Waals surface area (Å²) in [5.41, 5.74) is 2.23. The number of nitrogens with one attached hydrogen (secondary N) is 1. The fourth-order valence-electron chi connectivity index (χ4n) is 3.36. The number of hydrogen-bond donors (Lipinski definition) is 1. The molecule has 0 aliphatic carbocycles. The van der Waals surface area contributed by atoms with Crippen molar-refractivity contribution in [2.75, 3.05) is 18.9 Å². The number of nitro benzene ring substituents is 1. The van der Waals surface area contributed by atoms with E-state index in [1.54, 1.807) is 12.3 Å². The molecule has 29 heavy (non-hydrogen) atoms. The van der Waals surface area contributed by atoms with Crippen LogP contribution in [0.3, 0.4) is 0 Å². The molecule has 1 aromatic heterocycles. The van der Waals surface area contributed by atoms with Gasteiger partial charge < -0.3 is 28.8 Å². The second-order valence-corrected chi connectivity index (χ2v) is 6.54. The maximum Gasteiger partial charge on any atom is 0.278 e. The van der Waals surface area contributed by atoms with Gasteiger partial charge in [-0.05, 0) is 24.3 Å². The number of hydrogen-bond acceptors (Lipinski definition) is 8. The molecular weight excluding hydrogens is 380 g/mol. The van der Waals surface area contributed by atoms with Crippen LogP contribution in [0.4, 0.5) is 11.6 Å². The zero-order valence-electron chi connectivity index (χ0n) is 15.4. The number of anilines is 1. The maximum atomic E-state index is 11.4. The number of imidazole rings is 1. The van der Waals surface area contributed by atoms with E-state index >= 15 is 0 Å². The molecule has 2 aromatic carbocycles. The number of ether oxygens (including phenoxy) is 4. The van der Waals surface area contributed by atoms with Crippen LogP contribution in [0, 0.1) is 10.1 Å². The molecule has 0 atom stereocenters. The predicted octanol–water partition coefficient (Wildman–Crippen LogP) is 3.06. The smallest absolute Gasteiger partial charge is 0.278 e. The Hall–Kier alpha value is -3.95. The zero-order valence-corrected chi connectivity index (χ0v) is 15.4. The van der Waals surface area contributed by atoms with Crippen LogP contribution >= 0.6 is 0 Å². The highest BCUT2D eigenvalue weighted by molar-refractivity contribution is 5.66. The molecule has 0 amide bonds. The fraction of sp³-hybridized carbons (Fsp3) is 0.211. The van der Waals surface area contributed by atoms with Crippen LogP contribution in [0.2, 0.25) is 0 Å². The number of rotatable bonds is 5. The molecule has 0 saturated heterocycles. The molecular formula is C19H16N4O6. The molecule has 0 bridgehead atoms. The van der Waals surface area contributed by atoms with Gasteiger partial charge in [-0.15, -0.1) is 0 Å². The minimum Gasteiger partial charge on any atom is -0.454 e. The third kappa shape index (κ3) is 2.94. The highest BCUT2D eigenvalue weighted by Gasteiger charge is 2.23. The Balaban J connectivity index is 1.39. The Labute approximate surface area is 164 Å². The first-order valence-corrected chi connectivity index (χ1v) is 8.82. The Kier molecular flexibility index (Phi) is 3.90. The van der Waals surface area contributed by atoms with Crippen LogP contribution in [-0.2, 0) is 13.6 Å². The second-order valence-electron chi connectivity index (χ2n) is 6.54. The predicted molar refractivity (Wildman–Crippen MR) is 101 cm³/mol. The summed E-state index contributed by atoms with van der Waals surface area (Å²) in [6.45, 7) is 0.477. The normalized spacial score (nSPS) is 13.6. The zero-order chi connectivity index (χ0) is 20.0. The van der Waals surface area contributed by atoms with E-state index < -0.39 is 4.92 Å². The van der Waals surface area contributed by atoms with E-state index in [0.717, 1.165) is 11.3 Å². The molecule has 3 heterocycles. The van der Waals surface area contributed by atoms with Crippen LogP contribution < -0.4 is 24.3 Å². The number of benzene rings is 2. The third-order valence-corrected chi connectivity index (χ3v) is 4.86. The lowest BCUT2D eigenvalue weighted by atomic mass is 10.1. The van der Waals surface area contributed by atoms with Crippen LogP contribution in [0.25, 0.3) is 11.3 Å². The van der Waals surface area contributed by atoms with Gasteiger partial charge in [0.1, 0.15) is 0 Å². The third-order valence-electron chi connectivity index (χ3n) is 4.86. The molecule has 2 aliphatic rings.